The van der Waals surface area contributed by atoms with E-state index in [2.05, 4.69) is 36.9 Å². The van der Waals surface area contributed by atoms with Gasteiger partial charge in [0.15, 0.2) is 0 Å². The van der Waals surface area contributed by atoms with E-state index in [-0.39, 0.29) is 0 Å². The van der Waals surface area contributed by atoms with Crippen molar-refractivity contribution in [1.82, 2.24) is 0 Å². The van der Waals surface area contributed by atoms with Crippen LogP contribution < -0.4 is 0 Å². The van der Waals surface area contributed by atoms with Gasteiger partial charge in [-0.1, -0.05) is 18.2 Å². The Kier molecular flexibility index (Phi) is 3.72. The summed E-state index contributed by atoms with van der Waals surface area (Å²) in [5.74, 6) is 0. The maximum absolute atomic E-state index is 4.37. The van der Waals surface area contributed by atoms with Crippen LogP contribution in [-0.2, 0) is 0 Å². The fraction of sp³-hybridized carbons (Fsp3) is 0. The second kappa shape index (κ2) is 5.05. The van der Waals surface area contributed by atoms with Crippen LogP contribution in [-0.4, -0.2) is 6.21 Å². The average molecular weight is 345 g/mol. The van der Waals surface area contributed by atoms with Crippen molar-refractivity contribution in [3.63, 3.8) is 0 Å². The Labute approximate surface area is 109 Å². The van der Waals surface area contributed by atoms with Crippen LogP contribution in [0.3, 0.4) is 0 Å². The highest BCUT2D eigenvalue weighted by molar-refractivity contribution is 9.13. The molecule has 1 aromatic carbocycles. The Morgan fingerprint density at radius 2 is 1.87 bits per heavy atom. The van der Waals surface area contributed by atoms with Crippen molar-refractivity contribution in [3.05, 3.63) is 49.5 Å². The highest BCUT2D eigenvalue weighted by Crippen LogP contribution is 2.31. The van der Waals surface area contributed by atoms with E-state index in [1.807, 2.05) is 42.6 Å². The van der Waals surface area contributed by atoms with Crippen LogP contribution in [0.5, 0.6) is 0 Å². The minimum atomic E-state index is 0.971. The number of rotatable bonds is 2. The van der Waals surface area contributed by atoms with Gasteiger partial charge in [-0.15, -0.1) is 11.3 Å². The minimum Gasteiger partial charge on any atom is -0.255 e. The van der Waals surface area contributed by atoms with Crippen LogP contribution >= 0.6 is 43.2 Å². The van der Waals surface area contributed by atoms with Crippen LogP contribution in [0.4, 0.5) is 5.69 Å². The van der Waals surface area contributed by atoms with E-state index in [4.69, 9.17) is 0 Å². The van der Waals surface area contributed by atoms with Gasteiger partial charge in [-0.2, -0.15) is 0 Å². The van der Waals surface area contributed by atoms with Gasteiger partial charge in [-0.05, 0) is 50.1 Å². The third-order valence-electron chi connectivity index (χ3n) is 1.76. The molecule has 0 fully saturated rings. The van der Waals surface area contributed by atoms with Gasteiger partial charge in [0, 0.05) is 15.6 Å². The molecule has 1 aromatic heterocycles. The van der Waals surface area contributed by atoms with Crippen molar-refractivity contribution in [2.45, 2.75) is 0 Å². The molecule has 0 bridgehead atoms. The average Bonchev–Trinajstić information content (AvgIpc) is 2.57. The van der Waals surface area contributed by atoms with Gasteiger partial charge >= 0.3 is 0 Å². The molecule has 0 unspecified atom stereocenters. The summed E-state index contributed by atoms with van der Waals surface area (Å²) in [6, 6.07) is 11.9. The normalized spacial score (nSPS) is 11.1. The lowest BCUT2D eigenvalue weighted by molar-refractivity contribution is 1.54. The number of para-hydroxylation sites is 1. The zero-order valence-corrected chi connectivity index (χ0v) is 11.6. The first-order valence-electron chi connectivity index (χ1n) is 4.29. The quantitative estimate of drug-likeness (QED) is 0.678. The molecule has 4 heteroatoms. The molecule has 0 saturated carbocycles. The fourth-order valence-corrected chi connectivity index (χ4v) is 3.04. The highest BCUT2D eigenvalue weighted by Gasteiger charge is 2.01. The monoisotopic (exact) mass is 343 g/mol. The largest absolute Gasteiger partial charge is 0.255 e. The highest BCUT2D eigenvalue weighted by atomic mass is 79.9. The zero-order valence-electron chi connectivity index (χ0n) is 7.65. The summed E-state index contributed by atoms with van der Waals surface area (Å²) >= 11 is 8.55. The lowest BCUT2D eigenvalue weighted by Gasteiger charge is -1.89. The number of hydrogen-bond donors (Lipinski definition) is 0. The number of nitrogens with zero attached hydrogens (tertiary/aromatic N) is 1. The van der Waals surface area contributed by atoms with Gasteiger partial charge in [0.2, 0.25) is 0 Å². The molecule has 2 rings (SSSR count). The van der Waals surface area contributed by atoms with E-state index in [1.54, 1.807) is 11.3 Å². The third kappa shape index (κ3) is 3.00. The van der Waals surface area contributed by atoms with E-state index < -0.39 is 0 Å². The number of benzene rings is 1. The van der Waals surface area contributed by atoms with Gasteiger partial charge in [-0.3, -0.25) is 4.99 Å². The summed E-state index contributed by atoms with van der Waals surface area (Å²) in [6.07, 6.45) is 1.87. The third-order valence-corrected chi connectivity index (χ3v) is 4.95. The molecule has 15 heavy (non-hydrogen) atoms. The number of halogens is 2. The first-order chi connectivity index (χ1) is 7.25. The molecule has 0 aliphatic carbocycles. The maximum atomic E-state index is 4.37. The van der Waals surface area contributed by atoms with E-state index in [0.717, 1.165) is 18.8 Å². The van der Waals surface area contributed by atoms with E-state index >= 15 is 0 Å². The molecule has 0 radical (unpaired) electrons. The molecule has 0 spiro atoms. The zero-order chi connectivity index (χ0) is 10.7. The standard InChI is InChI=1S/C11H7Br2NS/c12-10-6-9(15-11(10)13)7-14-8-4-2-1-3-5-8/h1-7H. The van der Waals surface area contributed by atoms with Crippen LogP contribution in [0, 0.1) is 0 Å². The minimum absolute atomic E-state index is 0.971. The number of thiophene rings is 1. The van der Waals surface area contributed by atoms with Gasteiger partial charge in [0.05, 0.1) is 9.47 Å². The van der Waals surface area contributed by atoms with Crippen LogP contribution in [0.2, 0.25) is 0 Å². The van der Waals surface area contributed by atoms with Crippen molar-refractivity contribution < 1.29 is 0 Å². The predicted octanol–water partition coefficient (Wildman–Crippen LogP) is 5.02. The molecule has 0 aliphatic rings. The molecule has 2 aromatic rings. The van der Waals surface area contributed by atoms with Gasteiger partial charge in [0.1, 0.15) is 0 Å². The second-order valence-corrected chi connectivity index (χ2v) is 6.12. The first kappa shape index (κ1) is 11.0. The summed E-state index contributed by atoms with van der Waals surface area (Å²) in [6.45, 7) is 0. The van der Waals surface area contributed by atoms with Crippen molar-refractivity contribution in [3.8, 4) is 0 Å². The lowest BCUT2D eigenvalue weighted by Crippen LogP contribution is -1.70. The maximum Gasteiger partial charge on any atom is 0.0847 e. The van der Waals surface area contributed by atoms with Gasteiger partial charge in [-0.25, -0.2) is 0 Å². The second-order valence-electron chi connectivity index (χ2n) is 2.86. The van der Waals surface area contributed by atoms with Crippen LogP contribution in [0.15, 0.2) is 49.6 Å². The number of aliphatic imine (C=N–C) groups is 1. The summed E-state index contributed by atoms with van der Waals surface area (Å²) < 4.78 is 2.17. The van der Waals surface area contributed by atoms with Gasteiger partial charge in [0.25, 0.3) is 0 Å². The van der Waals surface area contributed by atoms with Crippen LogP contribution in [0.1, 0.15) is 4.88 Å². The Morgan fingerprint density at radius 1 is 1.13 bits per heavy atom. The van der Waals surface area contributed by atoms with Gasteiger partial charge < -0.3 is 0 Å². The summed E-state index contributed by atoms with van der Waals surface area (Å²) in [7, 11) is 0. The fourth-order valence-electron chi connectivity index (χ4n) is 1.08. The Morgan fingerprint density at radius 3 is 2.47 bits per heavy atom. The molecular weight excluding hydrogens is 338 g/mol. The molecule has 1 heterocycles. The van der Waals surface area contributed by atoms with Crippen molar-refractivity contribution in [2.24, 2.45) is 4.99 Å². The van der Waals surface area contributed by atoms with Crippen molar-refractivity contribution >= 4 is 55.1 Å². The predicted molar refractivity (Wildman–Crippen MR) is 73.4 cm³/mol. The summed E-state index contributed by atoms with van der Waals surface area (Å²) in [5.41, 5.74) is 0.971. The van der Waals surface area contributed by atoms with E-state index in [1.165, 1.54) is 0 Å². The molecular formula is C11H7Br2NS. The Hall–Kier alpha value is -0.450. The first-order valence-corrected chi connectivity index (χ1v) is 6.70. The lowest BCUT2D eigenvalue weighted by atomic mass is 10.3. The Bertz CT molecular complexity index is 457. The van der Waals surface area contributed by atoms with Crippen molar-refractivity contribution in [1.29, 1.82) is 0 Å². The Balaban J connectivity index is 2.19. The number of hydrogen-bond acceptors (Lipinski definition) is 2. The van der Waals surface area contributed by atoms with Crippen LogP contribution in [0.25, 0.3) is 0 Å². The molecule has 0 N–H and O–H groups in total. The molecule has 0 aliphatic heterocycles. The molecule has 0 amide bonds. The summed E-state index contributed by atoms with van der Waals surface area (Å²) in [5, 5.41) is 0. The molecule has 0 atom stereocenters. The van der Waals surface area contributed by atoms with E-state index in [0.29, 0.717) is 0 Å². The van der Waals surface area contributed by atoms with E-state index in [9.17, 15) is 0 Å². The molecule has 1 nitrogen and oxygen atoms in total. The van der Waals surface area contributed by atoms with Crippen molar-refractivity contribution in [2.75, 3.05) is 0 Å². The smallest absolute Gasteiger partial charge is 0.0847 e. The summed E-state index contributed by atoms with van der Waals surface area (Å²) in [4.78, 5) is 5.50. The SMILES string of the molecule is Brc1cc(C=Nc2ccccc2)sc1Br. The topological polar surface area (TPSA) is 12.4 Å². The molecule has 0 saturated heterocycles. The molecule has 76 valence electrons.